The first-order valence-electron chi connectivity index (χ1n) is 8.06. The number of nitrogens with zero attached hydrogens (tertiary/aromatic N) is 2. The number of rotatable bonds is 8. The first kappa shape index (κ1) is 18.9. The van der Waals surface area contributed by atoms with Gasteiger partial charge in [0.1, 0.15) is 0 Å². The largest absolute Gasteiger partial charge is 0.346 e. The number of carbonyl (C=O) groups excluding carboxylic acids is 1. The fourth-order valence-electron chi connectivity index (χ4n) is 2.10. The number of aromatic nitrogens is 1. The minimum Gasteiger partial charge on any atom is -0.346 e. The molecule has 25 heavy (non-hydrogen) atoms. The summed E-state index contributed by atoms with van der Waals surface area (Å²) in [5.74, 6) is 1.000. The molecule has 1 aromatic carbocycles. The van der Waals surface area contributed by atoms with Crippen LogP contribution in [0.5, 0.6) is 0 Å². The quantitative estimate of drug-likeness (QED) is 0.436. The van der Waals surface area contributed by atoms with Gasteiger partial charge in [-0.2, -0.15) is 0 Å². The highest BCUT2D eigenvalue weighted by Crippen LogP contribution is 2.31. The number of hydrogen-bond acceptors (Lipinski definition) is 5. The fraction of sp³-hybridized carbons (Fsp3) is 0.333. The Kier molecular flexibility index (Phi) is 6.94. The van der Waals surface area contributed by atoms with Crippen LogP contribution in [-0.2, 0) is 6.54 Å². The van der Waals surface area contributed by atoms with E-state index >= 15 is 0 Å². The van der Waals surface area contributed by atoms with E-state index in [2.05, 4.69) is 24.1 Å². The minimum absolute atomic E-state index is 0.0285. The van der Waals surface area contributed by atoms with Gasteiger partial charge < -0.3 is 5.32 Å². The summed E-state index contributed by atoms with van der Waals surface area (Å²) in [7, 11) is 0. The molecule has 0 aliphatic rings. The third-order valence-electron chi connectivity index (χ3n) is 3.53. The van der Waals surface area contributed by atoms with Crippen molar-refractivity contribution in [3.8, 4) is 0 Å². The molecular weight excluding hydrogens is 338 g/mol. The molecular formula is C18H21N3O3S. The summed E-state index contributed by atoms with van der Waals surface area (Å²) in [6, 6.07) is 10.0. The van der Waals surface area contributed by atoms with E-state index in [0.717, 1.165) is 17.9 Å². The van der Waals surface area contributed by atoms with Crippen LogP contribution in [0.25, 0.3) is 0 Å². The number of nitro benzene ring substituents is 1. The van der Waals surface area contributed by atoms with Gasteiger partial charge in [0.2, 0.25) is 0 Å². The minimum atomic E-state index is -0.437. The lowest BCUT2D eigenvalue weighted by atomic mass is 10.2. The average Bonchev–Trinajstić information content (AvgIpc) is 2.60. The van der Waals surface area contributed by atoms with Crippen LogP contribution in [0.1, 0.15) is 36.3 Å². The van der Waals surface area contributed by atoms with Gasteiger partial charge in [-0.3, -0.25) is 19.9 Å². The molecule has 6 nitrogen and oxygen atoms in total. The van der Waals surface area contributed by atoms with E-state index in [1.807, 2.05) is 6.07 Å². The Morgan fingerprint density at radius 1 is 1.32 bits per heavy atom. The molecule has 0 fully saturated rings. The maximum Gasteiger partial charge on any atom is 0.283 e. The number of hydrogen-bond donors (Lipinski definition) is 1. The zero-order valence-electron chi connectivity index (χ0n) is 14.3. The molecule has 0 saturated carbocycles. The van der Waals surface area contributed by atoms with E-state index in [1.165, 1.54) is 17.8 Å². The van der Waals surface area contributed by atoms with Gasteiger partial charge in [0.15, 0.2) is 0 Å². The molecule has 0 bridgehead atoms. The molecule has 2 rings (SSSR count). The van der Waals surface area contributed by atoms with Gasteiger partial charge in [-0.05, 0) is 42.4 Å². The Labute approximate surface area is 151 Å². The Morgan fingerprint density at radius 3 is 2.76 bits per heavy atom. The van der Waals surface area contributed by atoms with Crippen molar-refractivity contribution in [3.63, 3.8) is 0 Å². The zero-order valence-corrected chi connectivity index (χ0v) is 15.1. The van der Waals surface area contributed by atoms with Crippen LogP contribution < -0.4 is 5.32 Å². The van der Waals surface area contributed by atoms with Crippen molar-refractivity contribution in [1.82, 2.24) is 10.3 Å². The summed E-state index contributed by atoms with van der Waals surface area (Å²) in [6.45, 7) is 4.51. The summed E-state index contributed by atoms with van der Waals surface area (Å²) in [4.78, 5) is 27.8. The third kappa shape index (κ3) is 5.86. The number of nitrogens with one attached hydrogen (secondary N) is 1. The Morgan fingerprint density at radius 2 is 2.12 bits per heavy atom. The number of nitro groups is 1. The highest BCUT2D eigenvalue weighted by molar-refractivity contribution is 7.99. The second-order valence-electron chi connectivity index (χ2n) is 5.97. The standard InChI is InChI=1S/C18H21N3O3S/c1-13(2)8-10-25-17-7-6-14(11-16(17)21(23)24)18(22)20-12-15-5-3-4-9-19-15/h3-7,9,11,13H,8,10,12H2,1-2H3,(H,20,22). The lowest BCUT2D eigenvalue weighted by molar-refractivity contribution is -0.387. The summed E-state index contributed by atoms with van der Waals surface area (Å²) in [5, 5.41) is 14.1. The molecule has 1 heterocycles. The molecule has 1 N–H and O–H groups in total. The number of benzene rings is 1. The van der Waals surface area contributed by atoms with Crippen molar-refractivity contribution in [2.24, 2.45) is 5.92 Å². The van der Waals surface area contributed by atoms with Crippen molar-refractivity contribution in [2.45, 2.75) is 31.7 Å². The van der Waals surface area contributed by atoms with Crippen molar-refractivity contribution < 1.29 is 9.72 Å². The van der Waals surface area contributed by atoms with Gasteiger partial charge in [0.05, 0.1) is 22.1 Å². The molecule has 0 aliphatic heterocycles. The van der Waals surface area contributed by atoms with Crippen molar-refractivity contribution in [3.05, 3.63) is 64.0 Å². The average molecular weight is 359 g/mol. The summed E-state index contributed by atoms with van der Waals surface area (Å²) in [5.41, 5.74) is 0.973. The highest BCUT2D eigenvalue weighted by Gasteiger charge is 2.18. The maximum atomic E-state index is 12.2. The predicted octanol–water partition coefficient (Wildman–Crippen LogP) is 4.06. The Hall–Kier alpha value is -2.41. The van der Waals surface area contributed by atoms with Crippen LogP contribution in [-0.4, -0.2) is 21.6 Å². The van der Waals surface area contributed by atoms with Crippen LogP contribution in [0, 0.1) is 16.0 Å². The molecule has 1 aromatic heterocycles. The van der Waals surface area contributed by atoms with Crippen molar-refractivity contribution in [1.29, 1.82) is 0 Å². The van der Waals surface area contributed by atoms with E-state index in [4.69, 9.17) is 0 Å². The maximum absolute atomic E-state index is 12.2. The van der Waals surface area contributed by atoms with Gasteiger partial charge in [0.25, 0.3) is 11.6 Å². The van der Waals surface area contributed by atoms with Crippen LogP contribution in [0.15, 0.2) is 47.5 Å². The summed E-state index contributed by atoms with van der Waals surface area (Å²) < 4.78 is 0. The van der Waals surface area contributed by atoms with E-state index in [-0.39, 0.29) is 23.7 Å². The predicted molar refractivity (Wildman–Crippen MR) is 98.7 cm³/mol. The third-order valence-corrected chi connectivity index (χ3v) is 4.62. The monoisotopic (exact) mass is 359 g/mol. The smallest absolute Gasteiger partial charge is 0.283 e. The van der Waals surface area contributed by atoms with Crippen LogP contribution >= 0.6 is 11.8 Å². The van der Waals surface area contributed by atoms with Gasteiger partial charge >= 0.3 is 0 Å². The molecule has 132 valence electrons. The molecule has 0 unspecified atom stereocenters. The van der Waals surface area contributed by atoms with Gasteiger partial charge in [-0.15, -0.1) is 11.8 Å². The van der Waals surface area contributed by atoms with E-state index in [0.29, 0.717) is 10.8 Å². The molecule has 2 aromatic rings. The SMILES string of the molecule is CC(C)CCSc1ccc(C(=O)NCc2ccccn2)cc1[N+](=O)[O-]. The van der Waals surface area contributed by atoms with Crippen molar-refractivity contribution >= 4 is 23.4 Å². The molecule has 0 saturated heterocycles. The lowest BCUT2D eigenvalue weighted by Gasteiger charge is -2.08. The van der Waals surface area contributed by atoms with E-state index in [9.17, 15) is 14.9 Å². The molecule has 0 aliphatic carbocycles. The van der Waals surface area contributed by atoms with E-state index in [1.54, 1.807) is 30.5 Å². The second-order valence-corrected chi connectivity index (χ2v) is 7.11. The summed E-state index contributed by atoms with van der Waals surface area (Å²) >= 11 is 1.45. The van der Waals surface area contributed by atoms with Gasteiger partial charge in [0, 0.05) is 17.8 Å². The number of carbonyl (C=O) groups is 1. The second kappa shape index (κ2) is 9.17. The molecule has 0 spiro atoms. The topological polar surface area (TPSA) is 85.1 Å². The van der Waals surface area contributed by atoms with Crippen LogP contribution in [0.3, 0.4) is 0 Å². The van der Waals surface area contributed by atoms with Crippen molar-refractivity contribution in [2.75, 3.05) is 5.75 Å². The normalized spacial score (nSPS) is 10.7. The molecule has 1 amide bonds. The van der Waals surface area contributed by atoms with Crippen LogP contribution in [0.4, 0.5) is 5.69 Å². The Balaban J connectivity index is 2.06. The zero-order chi connectivity index (χ0) is 18.2. The number of amides is 1. The first-order valence-corrected chi connectivity index (χ1v) is 9.05. The molecule has 0 radical (unpaired) electrons. The lowest BCUT2D eigenvalue weighted by Crippen LogP contribution is -2.23. The molecule has 0 atom stereocenters. The highest BCUT2D eigenvalue weighted by atomic mass is 32.2. The first-order chi connectivity index (χ1) is 12.0. The van der Waals surface area contributed by atoms with Crippen LogP contribution in [0.2, 0.25) is 0 Å². The number of thioether (sulfide) groups is 1. The van der Waals surface area contributed by atoms with Gasteiger partial charge in [-0.25, -0.2) is 0 Å². The fourth-order valence-corrected chi connectivity index (χ4v) is 3.36. The van der Waals surface area contributed by atoms with E-state index < -0.39 is 4.92 Å². The summed E-state index contributed by atoms with van der Waals surface area (Å²) in [6.07, 6.45) is 2.63. The van der Waals surface area contributed by atoms with Gasteiger partial charge in [-0.1, -0.05) is 19.9 Å². The Bertz CT molecular complexity index is 736. The number of pyridine rings is 1. The molecule has 7 heteroatoms.